The van der Waals surface area contributed by atoms with Crippen molar-refractivity contribution >= 4 is 29.3 Å². The molecule has 0 aliphatic carbocycles. The zero-order valence-corrected chi connectivity index (χ0v) is 18.4. The summed E-state index contributed by atoms with van der Waals surface area (Å²) in [5, 5.41) is 2.83. The van der Waals surface area contributed by atoms with E-state index in [9.17, 15) is 9.59 Å². The van der Waals surface area contributed by atoms with Gasteiger partial charge in [0.1, 0.15) is 0 Å². The van der Waals surface area contributed by atoms with Gasteiger partial charge in [0.25, 0.3) is 0 Å². The Bertz CT molecular complexity index is 929. The summed E-state index contributed by atoms with van der Waals surface area (Å²) in [5.74, 6) is -0.196. The van der Waals surface area contributed by atoms with Crippen LogP contribution in [0.1, 0.15) is 48.2 Å². The predicted octanol–water partition coefficient (Wildman–Crippen LogP) is 4.48. The minimum absolute atomic E-state index is 0.262. The highest BCUT2D eigenvalue weighted by molar-refractivity contribution is 6.03. The van der Waals surface area contributed by atoms with Gasteiger partial charge in [0.05, 0.1) is 31.1 Å². The van der Waals surface area contributed by atoms with Crippen LogP contribution in [-0.4, -0.2) is 44.8 Å². The Morgan fingerprint density at radius 1 is 1.13 bits per heavy atom. The van der Waals surface area contributed by atoms with Gasteiger partial charge < -0.3 is 19.7 Å². The second-order valence-corrected chi connectivity index (χ2v) is 7.70. The van der Waals surface area contributed by atoms with E-state index in [1.165, 1.54) is 11.6 Å². The van der Waals surface area contributed by atoms with Crippen LogP contribution < -0.4 is 10.2 Å². The van der Waals surface area contributed by atoms with Gasteiger partial charge in [0.15, 0.2) is 0 Å². The lowest BCUT2D eigenvalue weighted by Gasteiger charge is -2.30. The van der Waals surface area contributed by atoms with Crippen LogP contribution in [0.5, 0.6) is 0 Å². The Labute approximate surface area is 183 Å². The van der Waals surface area contributed by atoms with Gasteiger partial charge in [-0.2, -0.15) is 0 Å². The second-order valence-electron chi connectivity index (χ2n) is 7.70. The number of ether oxygens (including phenoxy) is 2. The summed E-state index contributed by atoms with van der Waals surface area (Å²) in [4.78, 5) is 27.0. The highest BCUT2D eigenvalue weighted by Gasteiger charge is 2.20. The van der Waals surface area contributed by atoms with E-state index < -0.39 is 5.97 Å². The first-order valence-corrected chi connectivity index (χ1v) is 10.7. The van der Waals surface area contributed by atoms with Crippen molar-refractivity contribution in [2.45, 2.75) is 26.7 Å². The Morgan fingerprint density at radius 3 is 2.48 bits per heavy atom. The first-order chi connectivity index (χ1) is 15.0. The first-order valence-electron chi connectivity index (χ1n) is 10.7. The molecule has 0 atom stereocenters. The zero-order chi connectivity index (χ0) is 22.2. The van der Waals surface area contributed by atoms with Gasteiger partial charge in [-0.1, -0.05) is 38.1 Å². The molecule has 2 aromatic rings. The molecule has 6 heteroatoms. The maximum absolute atomic E-state index is 12.5. The molecule has 0 aromatic heterocycles. The van der Waals surface area contributed by atoms with Gasteiger partial charge >= 0.3 is 5.97 Å². The van der Waals surface area contributed by atoms with Crippen molar-refractivity contribution in [1.29, 1.82) is 0 Å². The molecule has 6 nitrogen and oxygen atoms in total. The minimum Gasteiger partial charge on any atom is -0.462 e. The van der Waals surface area contributed by atoms with E-state index in [0.717, 1.165) is 11.3 Å². The summed E-state index contributed by atoms with van der Waals surface area (Å²) in [6.45, 7) is 8.99. The maximum atomic E-state index is 12.5. The third kappa shape index (κ3) is 6.18. The minimum atomic E-state index is -0.402. The number of anilines is 2. The average molecular weight is 423 g/mol. The molecule has 3 rings (SSSR count). The molecular formula is C25H30N2O4. The molecule has 0 bridgehead atoms. The Hall–Kier alpha value is -3.12. The zero-order valence-electron chi connectivity index (χ0n) is 18.4. The van der Waals surface area contributed by atoms with Crippen LogP contribution >= 0.6 is 0 Å². The molecule has 0 spiro atoms. The van der Waals surface area contributed by atoms with E-state index in [4.69, 9.17) is 9.47 Å². The molecule has 164 valence electrons. The Balaban J connectivity index is 1.73. The first kappa shape index (κ1) is 22.6. The summed E-state index contributed by atoms with van der Waals surface area (Å²) in [5.41, 5.74) is 3.99. The van der Waals surface area contributed by atoms with E-state index >= 15 is 0 Å². The SMILES string of the molecule is CCOC(=O)c1cc(NC(=O)C=Cc2ccc(C(C)C)cc2)ccc1N1CCOCC1. The van der Waals surface area contributed by atoms with E-state index in [-0.39, 0.29) is 12.5 Å². The number of carbonyl (C=O) groups excluding carboxylic acids is 2. The molecule has 1 heterocycles. The summed E-state index contributed by atoms with van der Waals surface area (Å²) in [7, 11) is 0. The molecule has 0 saturated carbocycles. The van der Waals surface area contributed by atoms with Crippen molar-refractivity contribution in [3.8, 4) is 0 Å². The standard InChI is InChI=1S/C25H30N2O4/c1-4-31-25(29)22-17-21(10-11-23(22)27-13-15-30-16-14-27)26-24(28)12-7-19-5-8-20(9-6-19)18(2)3/h5-12,17-18H,4,13-16H2,1-3H3,(H,26,28). The van der Waals surface area contributed by atoms with E-state index in [1.54, 1.807) is 25.1 Å². The molecule has 0 unspecified atom stereocenters. The number of nitrogens with zero attached hydrogens (tertiary/aromatic N) is 1. The summed E-state index contributed by atoms with van der Waals surface area (Å²) < 4.78 is 10.6. The lowest BCUT2D eigenvalue weighted by Crippen LogP contribution is -2.37. The summed E-state index contributed by atoms with van der Waals surface area (Å²) >= 11 is 0. The molecule has 2 aromatic carbocycles. The fourth-order valence-corrected chi connectivity index (χ4v) is 3.41. The van der Waals surface area contributed by atoms with Gasteiger partial charge in [0.2, 0.25) is 5.91 Å². The quantitative estimate of drug-likeness (QED) is 0.527. The maximum Gasteiger partial charge on any atom is 0.340 e. The van der Waals surface area contributed by atoms with Crippen LogP contribution in [-0.2, 0) is 14.3 Å². The van der Waals surface area contributed by atoms with Gasteiger partial charge in [-0.25, -0.2) is 4.79 Å². The Morgan fingerprint density at radius 2 is 1.84 bits per heavy atom. The lowest BCUT2D eigenvalue weighted by atomic mass is 10.0. The molecule has 1 saturated heterocycles. The topological polar surface area (TPSA) is 67.9 Å². The van der Waals surface area contributed by atoms with Crippen LogP contribution in [0, 0.1) is 0 Å². The van der Waals surface area contributed by atoms with E-state index in [1.807, 2.05) is 18.2 Å². The van der Waals surface area contributed by atoms with Crippen molar-refractivity contribution in [1.82, 2.24) is 0 Å². The number of hydrogen-bond acceptors (Lipinski definition) is 5. The number of morpholine rings is 1. The van der Waals surface area contributed by atoms with Gasteiger partial charge in [0, 0.05) is 24.9 Å². The third-order valence-corrected chi connectivity index (χ3v) is 5.14. The number of nitrogens with one attached hydrogen (secondary N) is 1. The molecule has 31 heavy (non-hydrogen) atoms. The van der Waals surface area contributed by atoms with Crippen LogP contribution in [0.4, 0.5) is 11.4 Å². The van der Waals surface area contributed by atoms with Crippen molar-refractivity contribution in [3.05, 3.63) is 65.2 Å². The van der Waals surface area contributed by atoms with Crippen LogP contribution in [0.25, 0.3) is 6.08 Å². The molecule has 1 amide bonds. The number of carbonyl (C=O) groups is 2. The number of hydrogen-bond donors (Lipinski definition) is 1. The van der Waals surface area contributed by atoms with Crippen molar-refractivity contribution < 1.29 is 19.1 Å². The van der Waals surface area contributed by atoms with Crippen LogP contribution in [0.2, 0.25) is 0 Å². The fraction of sp³-hybridized carbons (Fsp3) is 0.360. The number of amides is 1. The molecule has 1 aliphatic rings. The lowest BCUT2D eigenvalue weighted by molar-refractivity contribution is -0.111. The van der Waals surface area contributed by atoms with Crippen LogP contribution in [0.15, 0.2) is 48.5 Å². The summed E-state index contributed by atoms with van der Waals surface area (Å²) in [6.07, 6.45) is 3.26. The van der Waals surface area contributed by atoms with Crippen molar-refractivity contribution in [2.24, 2.45) is 0 Å². The monoisotopic (exact) mass is 422 g/mol. The molecule has 1 fully saturated rings. The number of rotatable bonds is 7. The van der Waals surface area contributed by atoms with Gasteiger partial charge in [-0.05, 0) is 48.2 Å². The summed E-state index contributed by atoms with van der Waals surface area (Å²) in [6, 6.07) is 13.4. The van der Waals surface area contributed by atoms with Gasteiger partial charge in [-0.3, -0.25) is 4.79 Å². The molecular weight excluding hydrogens is 392 g/mol. The van der Waals surface area contributed by atoms with E-state index in [2.05, 4.69) is 36.2 Å². The smallest absolute Gasteiger partial charge is 0.340 e. The Kier molecular flexibility index (Phi) is 7.84. The van der Waals surface area contributed by atoms with Gasteiger partial charge in [-0.15, -0.1) is 0 Å². The van der Waals surface area contributed by atoms with Crippen LogP contribution in [0.3, 0.4) is 0 Å². The van der Waals surface area contributed by atoms with Crippen molar-refractivity contribution in [2.75, 3.05) is 43.1 Å². The fourth-order valence-electron chi connectivity index (χ4n) is 3.41. The van der Waals surface area contributed by atoms with E-state index in [0.29, 0.717) is 43.5 Å². The third-order valence-electron chi connectivity index (χ3n) is 5.14. The van der Waals surface area contributed by atoms with Crippen molar-refractivity contribution in [3.63, 3.8) is 0 Å². The largest absolute Gasteiger partial charge is 0.462 e. The molecule has 1 N–H and O–H groups in total. The highest BCUT2D eigenvalue weighted by Crippen LogP contribution is 2.26. The highest BCUT2D eigenvalue weighted by atomic mass is 16.5. The molecule has 1 aliphatic heterocycles. The average Bonchev–Trinajstić information content (AvgIpc) is 2.78. The normalized spacial score (nSPS) is 14.1. The number of benzene rings is 2. The second kappa shape index (κ2) is 10.8. The molecule has 0 radical (unpaired) electrons. The number of esters is 1. The predicted molar refractivity (Wildman–Crippen MR) is 124 cm³/mol.